The van der Waals surface area contributed by atoms with E-state index >= 15 is 0 Å². The van der Waals surface area contributed by atoms with Crippen molar-refractivity contribution in [1.29, 1.82) is 0 Å². The van der Waals surface area contributed by atoms with Crippen LogP contribution in [0.2, 0.25) is 5.02 Å². The van der Waals surface area contributed by atoms with E-state index in [9.17, 15) is 9.59 Å². The number of hydrogen-bond donors (Lipinski definition) is 1. The van der Waals surface area contributed by atoms with Crippen LogP contribution >= 0.6 is 11.6 Å². The Balaban J connectivity index is 1.85. The number of carbonyl (C=O) groups is 1. The average molecular weight is 504 g/mol. The average Bonchev–Trinajstić information content (AvgIpc) is 3.22. The van der Waals surface area contributed by atoms with Crippen molar-refractivity contribution < 1.29 is 14.3 Å². The molecule has 0 aliphatic heterocycles. The summed E-state index contributed by atoms with van der Waals surface area (Å²) in [5.74, 6) is 0.256. The number of rotatable bonds is 9. The van der Waals surface area contributed by atoms with Gasteiger partial charge in [0.05, 0.1) is 54.9 Å². The van der Waals surface area contributed by atoms with Gasteiger partial charge in [-0.15, -0.1) is 0 Å². The standard InChI is InChI=1S/C28H26ClN3O4/c1-35-21-14-12-19(13-15-21)16-23(30-18-20-8-4-3-5-9-20)27-24(17-26(33)36-2)31-32(28(27)34)25-11-7-6-10-22(25)29/h3-15,31H,16-18H2,1-2H3. The van der Waals surface area contributed by atoms with Crippen LogP contribution < -0.4 is 10.3 Å². The second kappa shape index (κ2) is 11.6. The highest BCUT2D eigenvalue weighted by Crippen LogP contribution is 2.21. The lowest BCUT2D eigenvalue weighted by atomic mass is 10.0. The van der Waals surface area contributed by atoms with E-state index in [0.717, 1.165) is 16.9 Å². The Kier molecular flexibility index (Phi) is 8.02. The summed E-state index contributed by atoms with van der Waals surface area (Å²) in [6.07, 6.45) is 0.256. The lowest BCUT2D eigenvalue weighted by molar-refractivity contribution is -0.139. The summed E-state index contributed by atoms with van der Waals surface area (Å²) in [7, 11) is 2.92. The zero-order valence-electron chi connectivity index (χ0n) is 20.0. The number of aromatic amines is 1. The molecule has 0 spiro atoms. The molecule has 7 nitrogen and oxygen atoms in total. The number of aromatic nitrogens is 2. The van der Waals surface area contributed by atoms with Crippen molar-refractivity contribution in [3.63, 3.8) is 0 Å². The van der Waals surface area contributed by atoms with Gasteiger partial charge < -0.3 is 9.47 Å². The van der Waals surface area contributed by atoms with Gasteiger partial charge in [0.1, 0.15) is 5.75 Å². The number of esters is 1. The summed E-state index contributed by atoms with van der Waals surface area (Å²) >= 11 is 6.39. The summed E-state index contributed by atoms with van der Waals surface area (Å²) in [5.41, 5.74) is 3.36. The second-order valence-electron chi connectivity index (χ2n) is 8.08. The predicted molar refractivity (Wildman–Crippen MR) is 141 cm³/mol. The molecule has 0 fully saturated rings. The first-order valence-corrected chi connectivity index (χ1v) is 11.7. The number of nitrogens with one attached hydrogen (secondary N) is 1. The highest BCUT2D eigenvalue weighted by Gasteiger charge is 2.23. The highest BCUT2D eigenvalue weighted by molar-refractivity contribution is 6.32. The van der Waals surface area contributed by atoms with Crippen molar-refractivity contribution in [3.05, 3.63) is 117 Å². The Bertz CT molecular complexity index is 1420. The van der Waals surface area contributed by atoms with Crippen molar-refractivity contribution in [3.8, 4) is 11.4 Å². The molecule has 8 heteroatoms. The van der Waals surface area contributed by atoms with Crippen molar-refractivity contribution in [2.24, 2.45) is 4.99 Å². The van der Waals surface area contributed by atoms with Gasteiger partial charge in [0.15, 0.2) is 0 Å². The number of aliphatic imine (C=N–C) groups is 1. The number of halogens is 1. The normalized spacial score (nSPS) is 11.4. The van der Waals surface area contributed by atoms with Crippen LogP contribution in [0.3, 0.4) is 0 Å². The molecular formula is C28H26ClN3O4. The number of carbonyl (C=O) groups excluding carboxylic acids is 1. The minimum Gasteiger partial charge on any atom is -0.497 e. The summed E-state index contributed by atoms with van der Waals surface area (Å²) < 4.78 is 11.5. The molecule has 1 aromatic heterocycles. The maximum absolute atomic E-state index is 13.8. The number of para-hydroxylation sites is 1. The smallest absolute Gasteiger partial charge is 0.311 e. The summed E-state index contributed by atoms with van der Waals surface area (Å²) in [5, 5.41) is 3.47. The van der Waals surface area contributed by atoms with Crippen molar-refractivity contribution >= 4 is 23.3 Å². The number of nitrogens with zero attached hydrogens (tertiary/aromatic N) is 2. The monoisotopic (exact) mass is 503 g/mol. The summed E-state index contributed by atoms with van der Waals surface area (Å²) in [4.78, 5) is 30.9. The fourth-order valence-corrected chi connectivity index (χ4v) is 4.08. The van der Waals surface area contributed by atoms with Gasteiger partial charge in [-0.25, -0.2) is 4.68 Å². The number of benzene rings is 3. The van der Waals surface area contributed by atoms with Gasteiger partial charge in [-0.05, 0) is 35.4 Å². The third-order valence-electron chi connectivity index (χ3n) is 5.72. The van der Waals surface area contributed by atoms with E-state index in [1.54, 1.807) is 31.4 Å². The zero-order chi connectivity index (χ0) is 25.5. The van der Waals surface area contributed by atoms with Crippen molar-refractivity contribution in [2.45, 2.75) is 19.4 Å². The lowest BCUT2D eigenvalue weighted by Gasteiger charge is -2.09. The SMILES string of the molecule is COC(=O)Cc1[nH]n(-c2ccccc2Cl)c(=O)c1C(Cc1ccc(OC)cc1)=NCc1ccccc1. The molecule has 1 N–H and O–H groups in total. The van der Waals surface area contributed by atoms with Crippen LogP contribution in [0.4, 0.5) is 0 Å². The van der Waals surface area contributed by atoms with Crippen LogP contribution in [-0.4, -0.2) is 35.7 Å². The first-order valence-electron chi connectivity index (χ1n) is 11.4. The Morgan fingerprint density at radius 1 is 0.917 bits per heavy atom. The molecule has 0 aliphatic rings. The minimum absolute atomic E-state index is 0.120. The Morgan fingerprint density at radius 3 is 2.28 bits per heavy atom. The van der Waals surface area contributed by atoms with E-state index in [1.165, 1.54) is 11.8 Å². The Hall–Kier alpha value is -4.10. The molecule has 0 atom stereocenters. The van der Waals surface area contributed by atoms with Gasteiger partial charge in [0.2, 0.25) is 0 Å². The third kappa shape index (κ3) is 5.75. The molecule has 4 rings (SSSR count). The van der Waals surface area contributed by atoms with Crippen LogP contribution in [-0.2, 0) is 28.9 Å². The molecule has 4 aromatic rings. The molecule has 0 radical (unpaired) electrons. The number of H-pyrrole nitrogens is 1. The van der Waals surface area contributed by atoms with Crippen molar-refractivity contribution in [1.82, 2.24) is 9.78 Å². The first kappa shape index (κ1) is 25.0. The third-order valence-corrected chi connectivity index (χ3v) is 6.04. The molecule has 1 heterocycles. The van der Waals surface area contributed by atoms with E-state index < -0.39 is 5.97 Å². The molecule has 0 saturated heterocycles. The van der Waals surface area contributed by atoms with E-state index in [2.05, 4.69) is 5.10 Å². The first-order chi connectivity index (χ1) is 17.5. The molecular weight excluding hydrogens is 478 g/mol. The fourth-order valence-electron chi connectivity index (χ4n) is 3.86. The number of ether oxygens (including phenoxy) is 2. The van der Waals surface area contributed by atoms with Gasteiger partial charge in [-0.2, -0.15) is 0 Å². The second-order valence-corrected chi connectivity index (χ2v) is 8.49. The van der Waals surface area contributed by atoms with Crippen LogP contribution in [0.5, 0.6) is 5.75 Å². The number of hydrogen-bond acceptors (Lipinski definition) is 5. The largest absolute Gasteiger partial charge is 0.497 e. The van der Waals surface area contributed by atoms with Gasteiger partial charge in [-0.1, -0.05) is 66.2 Å². The minimum atomic E-state index is -0.476. The molecule has 0 aliphatic carbocycles. The summed E-state index contributed by atoms with van der Waals surface area (Å²) in [6.45, 7) is 0.376. The van der Waals surface area contributed by atoms with Gasteiger partial charge >= 0.3 is 5.97 Å². The lowest BCUT2D eigenvalue weighted by Crippen LogP contribution is -2.23. The number of methoxy groups -OCH3 is 2. The molecule has 0 bridgehead atoms. The predicted octanol–water partition coefficient (Wildman–Crippen LogP) is 4.78. The van der Waals surface area contributed by atoms with Crippen LogP contribution in [0.15, 0.2) is 88.6 Å². The maximum Gasteiger partial charge on any atom is 0.311 e. The maximum atomic E-state index is 13.8. The van der Waals surface area contributed by atoms with Gasteiger partial charge in [0.25, 0.3) is 5.56 Å². The molecule has 0 saturated carbocycles. The van der Waals surface area contributed by atoms with Crippen molar-refractivity contribution in [2.75, 3.05) is 14.2 Å². The highest BCUT2D eigenvalue weighted by atomic mass is 35.5. The zero-order valence-corrected chi connectivity index (χ0v) is 20.8. The fraction of sp³-hybridized carbons (Fsp3) is 0.179. The van der Waals surface area contributed by atoms with E-state index in [1.807, 2.05) is 54.6 Å². The van der Waals surface area contributed by atoms with Gasteiger partial charge in [-0.3, -0.25) is 19.7 Å². The molecule has 184 valence electrons. The molecule has 36 heavy (non-hydrogen) atoms. The molecule has 3 aromatic carbocycles. The molecule has 0 amide bonds. The summed E-state index contributed by atoms with van der Waals surface area (Å²) in [6, 6.07) is 24.4. The van der Waals surface area contributed by atoms with E-state index in [-0.39, 0.29) is 12.0 Å². The molecule has 0 unspecified atom stereocenters. The topological polar surface area (TPSA) is 85.7 Å². The Morgan fingerprint density at radius 2 is 1.61 bits per heavy atom. The Labute approximate surface area is 214 Å². The van der Waals surface area contributed by atoms with Crippen LogP contribution in [0.25, 0.3) is 5.69 Å². The van der Waals surface area contributed by atoms with Crippen LogP contribution in [0, 0.1) is 0 Å². The van der Waals surface area contributed by atoms with E-state index in [4.69, 9.17) is 26.1 Å². The van der Waals surface area contributed by atoms with E-state index in [0.29, 0.717) is 40.6 Å². The van der Waals surface area contributed by atoms with Gasteiger partial charge in [0, 0.05) is 6.42 Å². The quantitative estimate of drug-likeness (QED) is 0.263. The van der Waals surface area contributed by atoms with Crippen LogP contribution in [0.1, 0.15) is 22.4 Å².